The van der Waals surface area contributed by atoms with Crippen LogP contribution in [0.15, 0.2) is 17.5 Å². The van der Waals surface area contributed by atoms with Gasteiger partial charge in [0.15, 0.2) is 0 Å². The van der Waals surface area contributed by atoms with Gasteiger partial charge in [0.1, 0.15) is 0 Å². The summed E-state index contributed by atoms with van der Waals surface area (Å²) in [7, 11) is 3.68. The first-order valence-corrected chi connectivity index (χ1v) is 6.34. The summed E-state index contributed by atoms with van der Waals surface area (Å²) in [5.74, 6) is 2.33. The van der Waals surface area contributed by atoms with Crippen LogP contribution in [0, 0.1) is 11.5 Å². The molecule has 1 aromatic rings. The van der Waals surface area contributed by atoms with Crippen molar-refractivity contribution in [3.05, 3.63) is 18.2 Å². The highest BCUT2D eigenvalue weighted by atomic mass is 32.2. The third-order valence-electron chi connectivity index (χ3n) is 1.95. The maximum Gasteiger partial charge on any atom is 0.209 e. The Labute approximate surface area is 105 Å². The molecule has 0 amide bonds. The van der Waals surface area contributed by atoms with E-state index in [0.29, 0.717) is 5.96 Å². The van der Waals surface area contributed by atoms with E-state index in [2.05, 4.69) is 20.6 Å². The molecule has 17 heavy (non-hydrogen) atoms. The third-order valence-corrected chi connectivity index (χ3v) is 2.94. The van der Waals surface area contributed by atoms with E-state index >= 15 is 0 Å². The van der Waals surface area contributed by atoms with Crippen LogP contribution in [0.2, 0.25) is 0 Å². The van der Waals surface area contributed by atoms with Gasteiger partial charge in [-0.1, -0.05) is 0 Å². The van der Waals surface area contributed by atoms with Crippen LogP contribution in [0.25, 0.3) is 0 Å². The Balaban J connectivity index is 2.13. The topological polar surface area (TPSA) is 78.0 Å². The number of nitriles is 1. The van der Waals surface area contributed by atoms with Gasteiger partial charge in [0, 0.05) is 38.3 Å². The lowest BCUT2D eigenvalue weighted by Gasteiger charge is -2.06. The SMILES string of the molecule is CN/C(=N/C#N)NCCSCc1cn(C)cn1. The number of nitrogens with zero attached hydrogens (tertiary/aromatic N) is 4. The number of aryl methyl sites for hydroxylation is 1. The fourth-order valence-electron chi connectivity index (χ4n) is 1.19. The van der Waals surface area contributed by atoms with E-state index < -0.39 is 0 Å². The number of imidazole rings is 1. The van der Waals surface area contributed by atoms with E-state index in [9.17, 15) is 0 Å². The van der Waals surface area contributed by atoms with Gasteiger partial charge < -0.3 is 15.2 Å². The Morgan fingerprint density at radius 2 is 2.53 bits per heavy atom. The minimum Gasteiger partial charge on any atom is -0.359 e. The van der Waals surface area contributed by atoms with Gasteiger partial charge in [-0.3, -0.25) is 0 Å². The van der Waals surface area contributed by atoms with Crippen molar-refractivity contribution in [1.29, 1.82) is 5.26 Å². The van der Waals surface area contributed by atoms with Crippen LogP contribution in [0.5, 0.6) is 0 Å². The summed E-state index contributed by atoms with van der Waals surface area (Å²) in [4.78, 5) is 7.81. The molecule has 1 aromatic heterocycles. The molecule has 0 saturated heterocycles. The van der Waals surface area contributed by atoms with Crippen LogP contribution >= 0.6 is 11.8 Å². The monoisotopic (exact) mass is 252 g/mol. The van der Waals surface area contributed by atoms with Crippen LogP contribution in [0.3, 0.4) is 0 Å². The Morgan fingerprint density at radius 3 is 3.12 bits per heavy atom. The maximum absolute atomic E-state index is 8.39. The Kier molecular flexibility index (Phi) is 5.96. The molecule has 92 valence electrons. The maximum atomic E-state index is 8.39. The molecule has 0 aliphatic carbocycles. The Bertz CT molecular complexity index is 405. The number of nitrogens with one attached hydrogen (secondary N) is 2. The van der Waals surface area contributed by atoms with Crippen LogP contribution in [-0.4, -0.2) is 34.9 Å². The number of aromatic nitrogens is 2. The fourth-order valence-corrected chi connectivity index (χ4v) is 1.94. The van der Waals surface area contributed by atoms with Gasteiger partial charge in [-0.25, -0.2) is 4.98 Å². The van der Waals surface area contributed by atoms with Crippen LogP contribution in [-0.2, 0) is 12.8 Å². The van der Waals surface area contributed by atoms with Crippen molar-refractivity contribution in [2.24, 2.45) is 12.0 Å². The lowest BCUT2D eigenvalue weighted by atomic mass is 10.6. The highest BCUT2D eigenvalue weighted by molar-refractivity contribution is 7.98. The molecule has 0 aliphatic rings. The van der Waals surface area contributed by atoms with Crippen molar-refractivity contribution in [2.75, 3.05) is 19.3 Å². The summed E-state index contributed by atoms with van der Waals surface area (Å²) in [6, 6.07) is 0. The van der Waals surface area contributed by atoms with Gasteiger partial charge in [0.05, 0.1) is 12.0 Å². The van der Waals surface area contributed by atoms with Gasteiger partial charge in [-0.15, -0.1) is 4.99 Å². The third kappa shape index (κ3) is 5.26. The van der Waals surface area contributed by atoms with Crippen LogP contribution in [0.4, 0.5) is 0 Å². The number of hydrogen-bond donors (Lipinski definition) is 2. The predicted molar refractivity (Wildman–Crippen MR) is 69.5 cm³/mol. The molecule has 0 aliphatic heterocycles. The van der Waals surface area contributed by atoms with Gasteiger partial charge in [-0.05, 0) is 0 Å². The summed E-state index contributed by atoms with van der Waals surface area (Å²) in [5, 5.41) is 14.2. The molecule has 0 atom stereocenters. The molecule has 1 heterocycles. The van der Waals surface area contributed by atoms with Crippen molar-refractivity contribution in [2.45, 2.75) is 5.75 Å². The van der Waals surface area contributed by atoms with Crippen molar-refractivity contribution in [3.63, 3.8) is 0 Å². The molecule has 0 bridgehead atoms. The van der Waals surface area contributed by atoms with E-state index in [4.69, 9.17) is 5.26 Å². The molecule has 0 fully saturated rings. The highest BCUT2D eigenvalue weighted by Crippen LogP contribution is 2.08. The normalized spacial score (nSPS) is 11.0. The summed E-state index contributed by atoms with van der Waals surface area (Å²) in [6.45, 7) is 0.763. The van der Waals surface area contributed by atoms with Crippen molar-refractivity contribution >= 4 is 17.7 Å². The molecule has 0 radical (unpaired) electrons. The molecule has 1 rings (SSSR count). The minimum absolute atomic E-state index is 0.505. The predicted octanol–water partition coefficient (Wildman–Crippen LogP) is 0.299. The highest BCUT2D eigenvalue weighted by Gasteiger charge is 1.98. The average Bonchev–Trinajstić information content (AvgIpc) is 2.73. The van der Waals surface area contributed by atoms with Gasteiger partial charge in [0.2, 0.25) is 12.2 Å². The van der Waals surface area contributed by atoms with E-state index in [1.54, 1.807) is 31.3 Å². The van der Waals surface area contributed by atoms with Crippen molar-refractivity contribution < 1.29 is 0 Å². The minimum atomic E-state index is 0.505. The molecule has 0 unspecified atom stereocenters. The number of hydrogen-bond acceptors (Lipinski definition) is 4. The van der Waals surface area contributed by atoms with Crippen LogP contribution in [0.1, 0.15) is 5.69 Å². The fraction of sp³-hybridized carbons (Fsp3) is 0.500. The first-order chi connectivity index (χ1) is 8.26. The summed E-state index contributed by atoms with van der Waals surface area (Å²) in [6.07, 6.45) is 5.54. The van der Waals surface area contributed by atoms with Gasteiger partial charge in [0.25, 0.3) is 0 Å². The summed E-state index contributed by atoms with van der Waals surface area (Å²) < 4.78 is 1.94. The number of rotatable bonds is 5. The molecule has 2 N–H and O–H groups in total. The molecule has 0 aromatic carbocycles. The van der Waals surface area contributed by atoms with E-state index in [1.807, 2.05) is 17.8 Å². The van der Waals surface area contributed by atoms with E-state index in [-0.39, 0.29) is 0 Å². The van der Waals surface area contributed by atoms with Gasteiger partial charge >= 0.3 is 0 Å². The Morgan fingerprint density at radius 1 is 1.71 bits per heavy atom. The number of aliphatic imine (C=N–C) groups is 1. The molecular formula is C10H16N6S. The second-order valence-corrected chi connectivity index (χ2v) is 4.43. The molecule has 0 spiro atoms. The number of thioether (sulfide) groups is 1. The van der Waals surface area contributed by atoms with E-state index in [0.717, 1.165) is 23.7 Å². The summed E-state index contributed by atoms with van der Waals surface area (Å²) in [5.41, 5.74) is 1.08. The van der Waals surface area contributed by atoms with Gasteiger partial charge in [-0.2, -0.15) is 17.0 Å². The zero-order chi connectivity index (χ0) is 12.5. The summed E-state index contributed by atoms with van der Waals surface area (Å²) >= 11 is 1.79. The largest absolute Gasteiger partial charge is 0.359 e. The quantitative estimate of drug-likeness (QED) is 0.341. The van der Waals surface area contributed by atoms with Crippen molar-refractivity contribution in [1.82, 2.24) is 20.2 Å². The molecule has 0 saturated carbocycles. The van der Waals surface area contributed by atoms with Crippen molar-refractivity contribution in [3.8, 4) is 6.19 Å². The Hall–Kier alpha value is -1.68. The molecule has 7 heteroatoms. The van der Waals surface area contributed by atoms with E-state index in [1.165, 1.54) is 0 Å². The number of guanidine groups is 1. The lowest BCUT2D eigenvalue weighted by molar-refractivity contribution is 0.912. The smallest absolute Gasteiger partial charge is 0.209 e. The molecule has 6 nitrogen and oxygen atoms in total. The second-order valence-electron chi connectivity index (χ2n) is 3.32. The first kappa shape index (κ1) is 13.4. The molecular weight excluding hydrogens is 236 g/mol. The lowest BCUT2D eigenvalue weighted by Crippen LogP contribution is -2.35. The standard InChI is InChI=1S/C10H16N6S/c1-12-10(14-7-11)13-3-4-17-6-9-5-16(2)8-15-9/h5,8H,3-4,6H2,1-2H3,(H2,12,13,14). The second kappa shape index (κ2) is 7.57. The zero-order valence-electron chi connectivity index (χ0n) is 9.97. The first-order valence-electron chi connectivity index (χ1n) is 5.19. The average molecular weight is 252 g/mol. The van der Waals surface area contributed by atoms with Crippen LogP contribution < -0.4 is 10.6 Å². The zero-order valence-corrected chi connectivity index (χ0v) is 10.8.